The number of fused-ring (bicyclic) bond motifs is 1. The van der Waals surface area contributed by atoms with E-state index in [1.165, 1.54) is 0 Å². The van der Waals surface area contributed by atoms with Crippen LogP contribution in [0, 0.1) is 0 Å². The highest BCUT2D eigenvalue weighted by Gasteiger charge is 2.07. The average Bonchev–Trinajstić information content (AvgIpc) is 3.07. The van der Waals surface area contributed by atoms with Gasteiger partial charge in [-0.05, 0) is 32.4 Å². The minimum Gasteiger partial charge on any atom is -0.358 e. The molecule has 3 rings (SSSR count). The van der Waals surface area contributed by atoms with E-state index in [1.807, 2.05) is 24.3 Å². The maximum absolute atomic E-state index is 12.0. The largest absolute Gasteiger partial charge is 0.358 e. The highest BCUT2D eigenvalue weighted by Crippen LogP contribution is 2.26. The van der Waals surface area contributed by atoms with Crippen LogP contribution < -0.4 is 11.0 Å². The Morgan fingerprint density at radius 1 is 1.35 bits per heavy atom. The Hall–Kier alpha value is -1.80. The number of aromatic amines is 1. The molecule has 0 saturated carbocycles. The first kappa shape index (κ1) is 16.1. The standard InChI is InChI=1S/C15H19N5OS2/c1-10(2)16-13-18-19-15(23-13)22-9-5-8-20-12-7-4-3-6-11(12)17-14(20)21/h3-4,6-7,10H,5,8-9H2,1-2H3,(H,16,18)(H,17,21). The van der Waals surface area contributed by atoms with E-state index in [1.54, 1.807) is 27.7 Å². The summed E-state index contributed by atoms with van der Waals surface area (Å²) >= 11 is 3.25. The van der Waals surface area contributed by atoms with Crippen LogP contribution in [0.4, 0.5) is 5.13 Å². The maximum atomic E-state index is 12.0. The maximum Gasteiger partial charge on any atom is 0.326 e. The third-order valence-corrected chi connectivity index (χ3v) is 5.33. The average molecular weight is 349 g/mol. The molecular formula is C15H19N5OS2. The van der Waals surface area contributed by atoms with Gasteiger partial charge in [0.25, 0.3) is 0 Å². The first-order valence-electron chi connectivity index (χ1n) is 7.54. The van der Waals surface area contributed by atoms with E-state index in [0.29, 0.717) is 12.6 Å². The van der Waals surface area contributed by atoms with Crippen molar-refractivity contribution in [2.24, 2.45) is 0 Å². The zero-order valence-corrected chi connectivity index (χ0v) is 14.7. The van der Waals surface area contributed by atoms with Gasteiger partial charge in [0, 0.05) is 18.3 Å². The summed E-state index contributed by atoms with van der Waals surface area (Å²) in [5.74, 6) is 0.905. The van der Waals surface area contributed by atoms with Gasteiger partial charge in [0.15, 0.2) is 4.34 Å². The van der Waals surface area contributed by atoms with Gasteiger partial charge in [-0.1, -0.05) is 35.2 Å². The predicted octanol–water partition coefficient (Wildman–Crippen LogP) is 3.18. The van der Waals surface area contributed by atoms with E-state index < -0.39 is 0 Å². The van der Waals surface area contributed by atoms with Crippen molar-refractivity contribution in [3.05, 3.63) is 34.7 Å². The lowest BCUT2D eigenvalue weighted by Crippen LogP contribution is -2.17. The van der Waals surface area contributed by atoms with Crippen LogP contribution in [0.15, 0.2) is 33.4 Å². The van der Waals surface area contributed by atoms with E-state index in [-0.39, 0.29) is 5.69 Å². The van der Waals surface area contributed by atoms with Crippen LogP contribution in [0.5, 0.6) is 0 Å². The molecule has 0 radical (unpaired) electrons. The zero-order valence-electron chi connectivity index (χ0n) is 13.1. The molecule has 23 heavy (non-hydrogen) atoms. The number of nitrogens with zero attached hydrogens (tertiary/aromatic N) is 3. The molecule has 0 bridgehead atoms. The van der Waals surface area contributed by atoms with Crippen LogP contribution in [0.2, 0.25) is 0 Å². The number of aryl methyl sites for hydroxylation is 1. The van der Waals surface area contributed by atoms with Gasteiger partial charge in [-0.2, -0.15) is 0 Å². The van der Waals surface area contributed by atoms with E-state index in [0.717, 1.165) is 32.7 Å². The number of rotatable bonds is 7. The van der Waals surface area contributed by atoms with Crippen LogP contribution in [0.1, 0.15) is 20.3 Å². The lowest BCUT2D eigenvalue weighted by Gasteiger charge is -2.03. The molecule has 2 N–H and O–H groups in total. The summed E-state index contributed by atoms with van der Waals surface area (Å²) in [6, 6.07) is 8.12. The number of benzene rings is 1. The van der Waals surface area contributed by atoms with Crippen molar-refractivity contribution < 1.29 is 0 Å². The van der Waals surface area contributed by atoms with Crippen LogP contribution >= 0.6 is 23.1 Å². The van der Waals surface area contributed by atoms with Crippen molar-refractivity contribution in [1.29, 1.82) is 0 Å². The number of para-hydroxylation sites is 2. The summed E-state index contributed by atoms with van der Waals surface area (Å²) in [7, 11) is 0. The zero-order chi connectivity index (χ0) is 16.2. The topological polar surface area (TPSA) is 75.6 Å². The van der Waals surface area contributed by atoms with Gasteiger partial charge in [-0.15, -0.1) is 10.2 Å². The van der Waals surface area contributed by atoms with Crippen molar-refractivity contribution >= 4 is 39.3 Å². The molecule has 2 heterocycles. The molecular weight excluding hydrogens is 330 g/mol. The first-order valence-corrected chi connectivity index (χ1v) is 9.34. The van der Waals surface area contributed by atoms with Crippen molar-refractivity contribution in [2.75, 3.05) is 11.1 Å². The molecule has 0 spiro atoms. The van der Waals surface area contributed by atoms with E-state index >= 15 is 0 Å². The second-order valence-electron chi connectivity index (χ2n) is 5.47. The molecule has 0 aliphatic heterocycles. The van der Waals surface area contributed by atoms with Gasteiger partial charge < -0.3 is 10.3 Å². The SMILES string of the molecule is CC(C)Nc1nnc(SCCCn2c(=O)[nH]c3ccccc32)s1. The van der Waals surface area contributed by atoms with Crippen LogP contribution in [0.25, 0.3) is 11.0 Å². The Morgan fingerprint density at radius 2 is 2.17 bits per heavy atom. The molecule has 0 fully saturated rings. The van der Waals surface area contributed by atoms with E-state index in [9.17, 15) is 4.79 Å². The van der Waals surface area contributed by atoms with E-state index in [2.05, 4.69) is 34.3 Å². The summed E-state index contributed by atoms with van der Waals surface area (Å²) in [6.45, 7) is 4.85. The molecule has 2 aromatic heterocycles. The summed E-state index contributed by atoms with van der Waals surface area (Å²) in [4.78, 5) is 14.9. The fraction of sp³-hybridized carbons (Fsp3) is 0.400. The van der Waals surface area contributed by atoms with Gasteiger partial charge in [0.1, 0.15) is 0 Å². The smallest absolute Gasteiger partial charge is 0.326 e. The summed E-state index contributed by atoms with van der Waals surface area (Å²) in [6.07, 6.45) is 0.902. The minimum atomic E-state index is -0.0458. The fourth-order valence-electron chi connectivity index (χ4n) is 2.28. The number of anilines is 1. The lowest BCUT2D eigenvalue weighted by atomic mass is 10.3. The number of hydrogen-bond acceptors (Lipinski definition) is 6. The van der Waals surface area contributed by atoms with Crippen molar-refractivity contribution in [3.63, 3.8) is 0 Å². The molecule has 6 nitrogen and oxygen atoms in total. The van der Waals surface area contributed by atoms with Gasteiger partial charge in [0.05, 0.1) is 11.0 Å². The summed E-state index contributed by atoms with van der Waals surface area (Å²) < 4.78 is 2.75. The summed E-state index contributed by atoms with van der Waals surface area (Å²) in [5.41, 5.74) is 1.80. The van der Waals surface area contributed by atoms with Crippen molar-refractivity contribution in [3.8, 4) is 0 Å². The van der Waals surface area contributed by atoms with Crippen molar-refractivity contribution in [1.82, 2.24) is 19.7 Å². The molecule has 0 aliphatic carbocycles. The number of thioether (sulfide) groups is 1. The Morgan fingerprint density at radius 3 is 3.00 bits per heavy atom. The van der Waals surface area contributed by atoms with Gasteiger partial charge in [0.2, 0.25) is 5.13 Å². The first-order chi connectivity index (χ1) is 11.1. The number of nitrogens with one attached hydrogen (secondary N) is 2. The molecule has 0 unspecified atom stereocenters. The third-order valence-electron chi connectivity index (χ3n) is 3.25. The Kier molecular flexibility index (Phi) is 5.02. The minimum absolute atomic E-state index is 0.0458. The van der Waals surface area contributed by atoms with Gasteiger partial charge in [-0.25, -0.2) is 4.79 Å². The number of H-pyrrole nitrogens is 1. The molecule has 0 atom stereocenters. The molecule has 122 valence electrons. The van der Waals surface area contributed by atoms with Gasteiger partial charge >= 0.3 is 5.69 Å². The molecule has 3 aromatic rings. The summed E-state index contributed by atoms with van der Waals surface area (Å²) in [5, 5.41) is 12.4. The van der Waals surface area contributed by atoms with Gasteiger partial charge in [-0.3, -0.25) is 4.57 Å². The monoisotopic (exact) mass is 349 g/mol. The molecule has 8 heteroatoms. The Balaban J connectivity index is 1.54. The van der Waals surface area contributed by atoms with Crippen LogP contribution in [0.3, 0.4) is 0 Å². The molecule has 0 amide bonds. The molecule has 1 aromatic carbocycles. The fourth-order valence-corrected chi connectivity index (χ4v) is 4.18. The van der Waals surface area contributed by atoms with Crippen LogP contribution in [-0.2, 0) is 6.54 Å². The molecule has 0 aliphatic rings. The lowest BCUT2D eigenvalue weighted by molar-refractivity contribution is 0.679. The normalized spacial score (nSPS) is 11.4. The number of aromatic nitrogens is 4. The second-order valence-corrected chi connectivity index (χ2v) is 7.79. The number of imidazole rings is 1. The third kappa shape index (κ3) is 3.94. The highest BCUT2D eigenvalue weighted by molar-refractivity contribution is 8.01. The van der Waals surface area contributed by atoms with Crippen molar-refractivity contribution in [2.45, 2.75) is 37.2 Å². The van der Waals surface area contributed by atoms with Crippen LogP contribution in [-0.4, -0.2) is 31.5 Å². The highest BCUT2D eigenvalue weighted by atomic mass is 32.2. The Bertz CT molecular complexity index is 836. The second kappa shape index (κ2) is 7.18. The predicted molar refractivity (Wildman–Crippen MR) is 96.6 cm³/mol. The van der Waals surface area contributed by atoms with E-state index in [4.69, 9.17) is 0 Å². The Labute approximate surface area is 142 Å². The quantitative estimate of drug-likeness (QED) is 0.506. The molecule has 0 saturated heterocycles. The number of hydrogen-bond donors (Lipinski definition) is 2.